The monoisotopic (exact) mass is 429 g/mol. The van der Waals surface area contributed by atoms with Crippen molar-refractivity contribution < 1.29 is 19.1 Å². The van der Waals surface area contributed by atoms with E-state index in [4.69, 9.17) is 21.1 Å². The molecule has 30 heavy (non-hydrogen) atoms. The molecule has 2 aromatic rings. The van der Waals surface area contributed by atoms with Crippen molar-refractivity contribution in [3.63, 3.8) is 0 Å². The molecule has 2 saturated heterocycles. The van der Waals surface area contributed by atoms with E-state index in [-0.39, 0.29) is 30.4 Å². The highest BCUT2D eigenvalue weighted by Crippen LogP contribution is 2.40. The third-order valence-corrected chi connectivity index (χ3v) is 5.97. The lowest BCUT2D eigenvalue weighted by molar-refractivity contribution is -0.131. The molecule has 6 heteroatoms. The zero-order chi connectivity index (χ0) is 21.6. The first-order chi connectivity index (χ1) is 14.6. The lowest BCUT2D eigenvalue weighted by Gasteiger charge is -2.38. The van der Waals surface area contributed by atoms with Crippen molar-refractivity contribution in [1.29, 1.82) is 0 Å². The van der Waals surface area contributed by atoms with Gasteiger partial charge in [0.05, 0.1) is 0 Å². The lowest BCUT2D eigenvalue weighted by atomic mass is 9.71. The van der Waals surface area contributed by atoms with Crippen LogP contribution >= 0.6 is 11.6 Å². The smallest absolute Gasteiger partial charge is 0.417 e. The molecule has 2 aliphatic rings. The van der Waals surface area contributed by atoms with Crippen molar-refractivity contribution in [3.8, 4) is 0 Å². The molecule has 0 radical (unpaired) electrons. The van der Waals surface area contributed by atoms with Crippen molar-refractivity contribution in [2.45, 2.75) is 44.6 Å². The molecule has 2 heterocycles. The predicted octanol–water partition coefficient (Wildman–Crippen LogP) is 5.52. The van der Waals surface area contributed by atoms with Gasteiger partial charge in [0.1, 0.15) is 12.6 Å². The normalized spacial score (nSPS) is 20.2. The van der Waals surface area contributed by atoms with Crippen LogP contribution in [0.2, 0.25) is 5.02 Å². The van der Waals surface area contributed by atoms with E-state index >= 15 is 0 Å². The lowest BCUT2D eigenvalue weighted by Crippen LogP contribution is -2.42. The van der Waals surface area contributed by atoms with Crippen LogP contribution in [0.5, 0.6) is 0 Å². The van der Waals surface area contributed by atoms with Crippen molar-refractivity contribution in [1.82, 2.24) is 4.90 Å². The topological polar surface area (TPSA) is 55.8 Å². The van der Waals surface area contributed by atoms with E-state index in [2.05, 4.69) is 0 Å². The highest BCUT2D eigenvalue weighted by atomic mass is 35.5. The number of hydrogen-bond donors (Lipinski definition) is 0. The molecule has 0 N–H and O–H groups in total. The number of nitrogens with zero attached hydrogens (tertiary/aromatic N) is 1. The summed E-state index contributed by atoms with van der Waals surface area (Å²) >= 11 is 6.05. The van der Waals surface area contributed by atoms with Crippen LogP contribution in [0.15, 0.2) is 54.6 Å². The summed E-state index contributed by atoms with van der Waals surface area (Å²) in [7, 11) is 0. The molecule has 0 bridgehead atoms. The van der Waals surface area contributed by atoms with Crippen LogP contribution in [0.3, 0.4) is 0 Å². The van der Waals surface area contributed by atoms with E-state index in [9.17, 15) is 9.59 Å². The molecule has 2 aromatic carbocycles. The number of carbonyl (C=O) groups excluding carboxylic acids is 2. The van der Waals surface area contributed by atoms with Gasteiger partial charge in [0.25, 0.3) is 0 Å². The molecule has 5 nitrogen and oxygen atoms in total. The van der Waals surface area contributed by atoms with E-state index in [1.165, 1.54) is 4.90 Å². The highest BCUT2D eigenvalue weighted by Gasteiger charge is 2.44. The number of ether oxygens (including phenoxy) is 2. The Hall–Kier alpha value is -2.37. The third-order valence-electron chi connectivity index (χ3n) is 5.72. The number of imide groups is 1. The molecule has 0 unspecified atom stereocenters. The van der Waals surface area contributed by atoms with Gasteiger partial charge in [0.2, 0.25) is 5.91 Å². The SMILES string of the molecule is CC.O=C(CC1(c2ccc(Cl)cc2)CCOCC1)N1C(=O)OC[C@@H]1c1ccccc1. The van der Waals surface area contributed by atoms with Gasteiger partial charge in [-0.25, -0.2) is 9.69 Å². The number of rotatable bonds is 4. The first-order valence-electron chi connectivity index (χ1n) is 10.5. The van der Waals surface area contributed by atoms with E-state index in [0.29, 0.717) is 18.2 Å². The Kier molecular flexibility index (Phi) is 7.51. The maximum absolute atomic E-state index is 13.3. The minimum atomic E-state index is -0.572. The van der Waals surface area contributed by atoms with Crippen LogP contribution in [-0.2, 0) is 19.7 Å². The number of benzene rings is 2. The summed E-state index contributed by atoms with van der Waals surface area (Å²) in [4.78, 5) is 27.0. The third kappa shape index (κ3) is 4.68. The molecule has 160 valence electrons. The quantitative estimate of drug-likeness (QED) is 0.641. The minimum absolute atomic E-state index is 0.186. The maximum Gasteiger partial charge on any atom is 0.417 e. The molecule has 0 aromatic heterocycles. The summed E-state index contributed by atoms with van der Waals surface area (Å²) in [6.45, 7) is 5.36. The van der Waals surface area contributed by atoms with Crippen molar-refractivity contribution in [3.05, 3.63) is 70.7 Å². The maximum atomic E-state index is 13.3. The van der Waals surface area contributed by atoms with Gasteiger partial charge in [-0.15, -0.1) is 0 Å². The van der Waals surface area contributed by atoms with Crippen LogP contribution in [0.25, 0.3) is 0 Å². The Labute approximate surface area is 182 Å². The Morgan fingerprint density at radius 2 is 1.70 bits per heavy atom. The molecule has 1 atom stereocenters. The first kappa shape index (κ1) is 22.3. The Balaban J connectivity index is 0.00000124. The summed E-state index contributed by atoms with van der Waals surface area (Å²) in [5.41, 5.74) is 1.58. The van der Waals surface area contributed by atoms with Crippen LogP contribution in [0, 0.1) is 0 Å². The number of hydrogen-bond acceptors (Lipinski definition) is 4. The number of halogens is 1. The van der Waals surface area contributed by atoms with Crippen molar-refractivity contribution in [2.24, 2.45) is 0 Å². The second kappa shape index (κ2) is 10.1. The summed E-state index contributed by atoms with van der Waals surface area (Å²) in [5.74, 6) is -0.215. The summed E-state index contributed by atoms with van der Waals surface area (Å²) in [5, 5.41) is 0.657. The van der Waals surface area contributed by atoms with E-state index in [1.807, 2.05) is 68.4 Å². The van der Waals surface area contributed by atoms with Crippen LogP contribution in [-0.4, -0.2) is 36.7 Å². The van der Waals surface area contributed by atoms with Gasteiger partial charge in [-0.05, 0) is 36.1 Å². The summed E-state index contributed by atoms with van der Waals surface area (Å²) < 4.78 is 10.8. The van der Waals surface area contributed by atoms with Gasteiger partial charge in [0.15, 0.2) is 0 Å². The summed E-state index contributed by atoms with van der Waals surface area (Å²) in [6.07, 6.45) is 1.10. The molecular weight excluding hydrogens is 402 g/mol. The molecule has 0 spiro atoms. The van der Waals surface area contributed by atoms with Crippen LogP contribution in [0.1, 0.15) is 50.3 Å². The zero-order valence-electron chi connectivity index (χ0n) is 17.5. The van der Waals surface area contributed by atoms with Gasteiger partial charge in [0, 0.05) is 30.1 Å². The fourth-order valence-corrected chi connectivity index (χ4v) is 4.25. The van der Waals surface area contributed by atoms with Gasteiger partial charge < -0.3 is 9.47 Å². The molecule has 0 aliphatic carbocycles. The fourth-order valence-electron chi connectivity index (χ4n) is 4.13. The Morgan fingerprint density at radius 3 is 2.33 bits per heavy atom. The molecule has 4 rings (SSSR count). The molecule has 2 fully saturated rings. The van der Waals surface area contributed by atoms with Crippen molar-refractivity contribution in [2.75, 3.05) is 19.8 Å². The average Bonchev–Trinajstić information content (AvgIpc) is 3.18. The second-order valence-electron chi connectivity index (χ2n) is 7.34. The van der Waals surface area contributed by atoms with Gasteiger partial charge in [-0.3, -0.25) is 4.79 Å². The number of cyclic esters (lactones) is 1. The van der Waals surface area contributed by atoms with Crippen LogP contribution in [0.4, 0.5) is 4.79 Å². The zero-order valence-corrected chi connectivity index (χ0v) is 18.2. The second-order valence-corrected chi connectivity index (χ2v) is 7.78. The van der Waals surface area contributed by atoms with Gasteiger partial charge in [-0.2, -0.15) is 0 Å². The van der Waals surface area contributed by atoms with E-state index in [0.717, 1.165) is 24.0 Å². The van der Waals surface area contributed by atoms with Gasteiger partial charge >= 0.3 is 6.09 Å². The summed E-state index contributed by atoms with van der Waals surface area (Å²) in [6, 6.07) is 16.8. The molecule has 2 amide bonds. The van der Waals surface area contributed by atoms with Gasteiger partial charge in [-0.1, -0.05) is 67.9 Å². The first-order valence-corrected chi connectivity index (χ1v) is 10.8. The molecule has 0 saturated carbocycles. The highest BCUT2D eigenvalue weighted by molar-refractivity contribution is 6.30. The van der Waals surface area contributed by atoms with E-state index < -0.39 is 6.09 Å². The van der Waals surface area contributed by atoms with Crippen molar-refractivity contribution >= 4 is 23.6 Å². The molecule has 2 aliphatic heterocycles. The number of amides is 2. The van der Waals surface area contributed by atoms with E-state index in [1.54, 1.807) is 0 Å². The fraction of sp³-hybridized carbons (Fsp3) is 0.417. The largest absolute Gasteiger partial charge is 0.446 e. The van der Waals surface area contributed by atoms with Crippen LogP contribution < -0.4 is 0 Å². The predicted molar refractivity (Wildman–Crippen MR) is 117 cm³/mol. The minimum Gasteiger partial charge on any atom is -0.446 e. The Bertz CT molecular complexity index is 847. The molecular formula is C24H28ClNO4. The Morgan fingerprint density at radius 1 is 1.07 bits per heavy atom. The number of carbonyl (C=O) groups is 2. The average molecular weight is 430 g/mol. The standard InChI is InChI=1S/C22H22ClNO4.C2H6/c23-18-8-6-17(7-9-18)22(10-12-27-13-11-22)14-20(25)24-19(15-28-21(24)26)16-4-2-1-3-5-16;1-2/h1-9,19H,10-15H2;1-2H3/t19-;/m1./s1.